The standard InChI is InChI=1S/C6H5O2P.C5H13N/c7-9(8)6-4-2-1-3-5-6;1-4-6(3)5-2/h1-5H;4-5H2,1-3H3/p+1. The van der Waals surface area contributed by atoms with Gasteiger partial charge in [0.15, 0.2) is 0 Å². The Kier molecular flexibility index (Phi) is 8.11. The maximum atomic E-state index is 10.3. The summed E-state index contributed by atoms with van der Waals surface area (Å²) in [5.41, 5.74) is 0. The van der Waals surface area contributed by atoms with Crippen LogP contribution >= 0.6 is 8.03 Å². The molecule has 1 atom stereocenters. The Hall–Kier alpha value is -0.760. The van der Waals surface area contributed by atoms with Crippen LogP contribution < -0.4 is 5.30 Å². The molecule has 0 aromatic heterocycles. The molecule has 0 radical (unpaired) electrons. The molecule has 15 heavy (non-hydrogen) atoms. The molecule has 0 saturated heterocycles. The van der Waals surface area contributed by atoms with Crippen LogP contribution in [0.3, 0.4) is 0 Å². The van der Waals surface area contributed by atoms with Crippen LogP contribution in [0.4, 0.5) is 0 Å². The number of benzene rings is 1. The van der Waals surface area contributed by atoms with E-state index in [0.717, 1.165) is 13.1 Å². The van der Waals surface area contributed by atoms with Crippen LogP contribution in [0.25, 0.3) is 0 Å². The predicted octanol–water partition coefficient (Wildman–Crippen LogP) is 2.00. The van der Waals surface area contributed by atoms with Gasteiger partial charge in [0, 0.05) is 0 Å². The van der Waals surface area contributed by atoms with Crippen LogP contribution in [-0.4, -0.2) is 29.9 Å². The van der Waals surface area contributed by atoms with Gasteiger partial charge in [0.25, 0.3) is 0 Å². The van der Waals surface area contributed by atoms with Crippen molar-refractivity contribution >= 4 is 13.3 Å². The SMILES string of the molecule is CCN(C)CC.O=[P+](O)c1ccccc1. The molecule has 0 fully saturated rings. The summed E-state index contributed by atoms with van der Waals surface area (Å²) >= 11 is 0. The lowest BCUT2D eigenvalue weighted by Gasteiger charge is -2.07. The van der Waals surface area contributed by atoms with Crippen molar-refractivity contribution in [3.8, 4) is 0 Å². The molecule has 84 valence electrons. The first-order valence-electron chi connectivity index (χ1n) is 5.01. The second-order valence-electron chi connectivity index (χ2n) is 3.10. The highest BCUT2D eigenvalue weighted by atomic mass is 31.1. The van der Waals surface area contributed by atoms with Crippen molar-refractivity contribution in [2.45, 2.75) is 13.8 Å². The molecule has 1 aromatic rings. The summed E-state index contributed by atoms with van der Waals surface area (Å²) in [4.78, 5) is 10.8. The number of nitrogens with zero attached hydrogens (tertiary/aromatic N) is 1. The van der Waals surface area contributed by atoms with E-state index < -0.39 is 8.03 Å². The van der Waals surface area contributed by atoms with Crippen LogP contribution in [0.5, 0.6) is 0 Å². The molecule has 0 saturated carbocycles. The van der Waals surface area contributed by atoms with E-state index in [9.17, 15) is 4.57 Å². The second-order valence-corrected chi connectivity index (χ2v) is 4.16. The van der Waals surface area contributed by atoms with Gasteiger partial charge in [-0.15, -0.1) is 0 Å². The summed E-state index contributed by atoms with van der Waals surface area (Å²) in [5, 5.41) is 0.479. The molecule has 4 heteroatoms. The lowest BCUT2D eigenvalue weighted by atomic mass is 10.4. The zero-order valence-electron chi connectivity index (χ0n) is 9.55. The summed E-state index contributed by atoms with van der Waals surface area (Å²) in [6.07, 6.45) is 0. The normalized spacial score (nSPS) is 10.6. The Morgan fingerprint density at radius 2 is 1.67 bits per heavy atom. The van der Waals surface area contributed by atoms with Crippen molar-refractivity contribution in [2.24, 2.45) is 0 Å². The van der Waals surface area contributed by atoms with E-state index in [4.69, 9.17) is 4.89 Å². The quantitative estimate of drug-likeness (QED) is 0.804. The molecule has 3 nitrogen and oxygen atoms in total. The first-order valence-corrected chi connectivity index (χ1v) is 6.22. The zero-order chi connectivity index (χ0) is 11.7. The van der Waals surface area contributed by atoms with Crippen molar-refractivity contribution in [1.82, 2.24) is 4.90 Å². The molecule has 0 bridgehead atoms. The Balaban J connectivity index is 0.000000288. The summed E-state index contributed by atoms with van der Waals surface area (Å²) in [7, 11) is -0.0345. The smallest absolute Gasteiger partial charge is 0.307 e. The highest BCUT2D eigenvalue weighted by Crippen LogP contribution is 2.10. The van der Waals surface area contributed by atoms with Crippen LogP contribution in [0.2, 0.25) is 0 Å². The Morgan fingerprint density at radius 1 is 1.20 bits per heavy atom. The van der Waals surface area contributed by atoms with E-state index in [2.05, 4.69) is 25.8 Å². The van der Waals surface area contributed by atoms with Crippen molar-refractivity contribution in [3.05, 3.63) is 30.3 Å². The highest BCUT2D eigenvalue weighted by molar-refractivity contribution is 7.47. The highest BCUT2D eigenvalue weighted by Gasteiger charge is 2.12. The van der Waals surface area contributed by atoms with Gasteiger partial charge in [-0.1, -0.05) is 32.0 Å². The summed E-state index contributed by atoms with van der Waals surface area (Å²) in [5.74, 6) is 0. The molecule has 1 unspecified atom stereocenters. The third kappa shape index (κ3) is 7.20. The van der Waals surface area contributed by atoms with Crippen molar-refractivity contribution in [1.29, 1.82) is 0 Å². The van der Waals surface area contributed by atoms with Crippen LogP contribution in [0.1, 0.15) is 13.8 Å². The Labute approximate surface area is 92.6 Å². The number of hydrogen-bond donors (Lipinski definition) is 1. The minimum atomic E-state index is -2.15. The fourth-order valence-electron chi connectivity index (χ4n) is 0.779. The first kappa shape index (κ1) is 14.2. The van der Waals surface area contributed by atoms with Crippen LogP contribution in [0, 0.1) is 0 Å². The lowest BCUT2D eigenvalue weighted by molar-refractivity contribution is 0.373. The summed E-state index contributed by atoms with van der Waals surface area (Å²) in [6.45, 7) is 6.64. The maximum absolute atomic E-state index is 10.3. The van der Waals surface area contributed by atoms with Crippen LogP contribution in [0.15, 0.2) is 30.3 Å². The van der Waals surface area contributed by atoms with Gasteiger partial charge in [-0.2, -0.15) is 4.89 Å². The molecule has 0 aliphatic heterocycles. The summed E-state index contributed by atoms with van der Waals surface area (Å²) in [6, 6.07) is 8.53. The molecule has 1 N–H and O–H groups in total. The number of hydrogen-bond acceptors (Lipinski definition) is 2. The third-order valence-electron chi connectivity index (χ3n) is 2.06. The van der Waals surface area contributed by atoms with E-state index in [1.165, 1.54) is 0 Å². The van der Waals surface area contributed by atoms with Gasteiger partial charge in [0.2, 0.25) is 5.30 Å². The van der Waals surface area contributed by atoms with E-state index in [-0.39, 0.29) is 0 Å². The van der Waals surface area contributed by atoms with Crippen molar-refractivity contribution in [3.63, 3.8) is 0 Å². The largest absolute Gasteiger partial charge is 0.546 e. The summed E-state index contributed by atoms with van der Waals surface area (Å²) < 4.78 is 10.3. The molecule has 0 heterocycles. The van der Waals surface area contributed by atoms with Gasteiger partial charge < -0.3 is 4.90 Å². The third-order valence-corrected chi connectivity index (χ3v) is 2.80. The Bertz CT molecular complexity index is 273. The first-order chi connectivity index (χ1) is 7.11. The van der Waals surface area contributed by atoms with Gasteiger partial charge in [-0.3, -0.25) is 0 Å². The minimum Gasteiger partial charge on any atom is -0.307 e. The van der Waals surface area contributed by atoms with Crippen molar-refractivity contribution in [2.75, 3.05) is 20.1 Å². The van der Waals surface area contributed by atoms with Gasteiger partial charge in [-0.25, -0.2) is 0 Å². The molecular formula is C11H19NO2P+. The predicted molar refractivity (Wildman–Crippen MR) is 64.7 cm³/mol. The molecule has 1 rings (SSSR count). The zero-order valence-corrected chi connectivity index (χ0v) is 10.4. The average molecular weight is 228 g/mol. The second kappa shape index (κ2) is 8.54. The van der Waals surface area contributed by atoms with Gasteiger partial charge in [0.1, 0.15) is 0 Å². The molecule has 1 aromatic carbocycles. The van der Waals surface area contributed by atoms with Gasteiger partial charge in [-0.05, 0) is 36.8 Å². The molecule has 0 amide bonds. The molecular weight excluding hydrogens is 209 g/mol. The topological polar surface area (TPSA) is 40.5 Å². The van der Waals surface area contributed by atoms with E-state index in [0.29, 0.717) is 5.30 Å². The van der Waals surface area contributed by atoms with Crippen molar-refractivity contribution < 1.29 is 9.46 Å². The lowest BCUT2D eigenvalue weighted by Crippen LogP contribution is -2.15. The fourth-order valence-corrected chi connectivity index (χ4v) is 1.21. The molecule has 0 spiro atoms. The van der Waals surface area contributed by atoms with E-state index in [1.54, 1.807) is 24.3 Å². The van der Waals surface area contributed by atoms with E-state index >= 15 is 0 Å². The maximum Gasteiger partial charge on any atom is 0.546 e. The van der Waals surface area contributed by atoms with E-state index in [1.807, 2.05) is 6.07 Å². The van der Waals surface area contributed by atoms with Crippen LogP contribution in [-0.2, 0) is 4.57 Å². The fraction of sp³-hybridized carbons (Fsp3) is 0.455. The molecule has 0 aliphatic carbocycles. The number of rotatable bonds is 3. The minimum absolute atomic E-state index is 0.479. The monoisotopic (exact) mass is 228 g/mol. The Morgan fingerprint density at radius 3 is 1.87 bits per heavy atom. The average Bonchev–Trinajstić information content (AvgIpc) is 2.30. The van der Waals surface area contributed by atoms with Gasteiger partial charge in [0.05, 0.1) is 0 Å². The van der Waals surface area contributed by atoms with Gasteiger partial charge >= 0.3 is 8.03 Å². The molecule has 0 aliphatic rings.